The number of ether oxygens (including phenoxy) is 2. The standard InChI is InChI=1S/C29H24BrNO5S/c1-3-35-29(34)25-26(32)24(37-28(25)31-27(33)20-12-8-18(2)9-13-20)16-21-6-4-5-7-23(21)36-17-19-10-14-22(30)15-11-19/h4-16,32H,3,17H2,1-2H3/b24-16-,31-28?. The van der Waals surface area contributed by atoms with E-state index in [9.17, 15) is 14.7 Å². The highest BCUT2D eigenvalue weighted by molar-refractivity contribution is 9.10. The van der Waals surface area contributed by atoms with E-state index in [1.54, 1.807) is 25.1 Å². The van der Waals surface area contributed by atoms with Gasteiger partial charge in [0.25, 0.3) is 5.91 Å². The molecule has 4 rings (SSSR count). The van der Waals surface area contributed by atoms with E-state index in [0.29, 0.717) is 28.4 Å². The molecule has 0 unspecified atom stereocenters. The van der Waals surface area contributed by atoms with E-state index in [1.165, 1.54) is 0 Å². The highest BCUT2D eigenvalue weighted by atomic mass is 79.9. The lowest BCUT2D eigenvalue weighted by Crippen LogP contribution is -2.14. The molecule has 0 atom stereocenters. The molecule has 0 aromatic heterocycles. The summed E-state index contributed by atoms with van der Waals surface area (Å²) in [6.07, 6.45) is 1.70. The Morgan fingerprint density at radius 1 is 1.03 bits per heavy atom. The number of carbonyl (C=O) groups excluding carboxylic acids is 2. The number of carbonyl (C=O) groups is 2. The fourth-order valence-corrected chi connectivity index (χ4v) is 4.73. The van der Waals surface area contributed by atoms with Crippen molar-refractivity contribution in [1.29, 1.82) is 0 Å². The molecule has 0 saturated carbocycles. The zero-order valence-electron chi connectivity index (χ0n) is 20.2. The molecule has 3 aromatic rings. The first-order valence-corrected chi connectivity index (χ1v) is 13.1. The van der Waals surface area contributed by atoms with Gasteiger partial charge in [0.15, 0.2) is 0 Å². The van der Waals surface area contributed by atoms with Crippen molar-refractivity contribution in [2.24, 2.45) is 4.99 Å². The molecule has 6 nitrogen and oxygen atoms in total. The number of aliphatic hydroxyl groups excluding tert-OH is 1. The fourth-order valence-electron chi connectivity index (χ4n) is 3.46. The molecule has 0 saturated heterocycles. The van der Waals surface area contributed by atoms with Gasteiger partial charge in [-0.1, -0.05) is 75.7 Å². The van der Waals surface area contributed by atoms with Crippen molar-refractivity contribution in [3.05, 3.63) is 116 Å². The van der Waals surface area contributed by atoms with Gasteiger partial charge in [-0.3, -0.25) is 4.79 Å². The van der Waals surface area contributed by atoms with Crippen LogP contribution in [0.5, 0.6) is 5.75 Å². The van der Waals surface area contributed by atoms with Gasteiger partial charge < -0.3 is 14.6 Å². The second kappa shape index (κ2) is 12.1. The van der Waals surface area contributed by atoms with E-state index in [2.05, 4.69) is 20.9 Å². The Labute approximate surface area is 227 Å². The molecule has 3 aromatic carbocycles. The van der Waals surface area contributed by atoms with Crippen LogP contribution in [0.1, 0.15) is 34.0 Å². The summed E-state index contributed by atoms with van der Waals surface area (Å²) in [5.74, 6) is -0.950. The summed E-state index contributed by atoms with van der Waals surface area (Å²) >= 11 is 4.46. The summed E-state index contributed by atoms with van der Waals surface area (Å²) in [7, 11) is 0. The number of hydrogen-bond donors (Lipinski definition) is 1. The monoisotopic (exact) mass is 577 g/mol. The molecule has 0 fully saturated rings. The van der Waals surface area contributed by atoms with Gasteiger partial charge in [-0.2, -0.15) is 0 Å². The smallest absolute Gasteiger partial charge is 0.344 e. The number of esters is 1. The van der Waals surface area contributed by atoms with Crippen LogP contribution >= 0.6 is 27.7 Å². The molecule has 188 valence electrons. The van der Waals surface area contributed by atoms with Crippen molar-refractivity contribution in [2.45, 2.75) is 20.5 Å². The minimum absolute atomic E-state index is 0.0843. The molecular weight excluding hydrogens is 554 g/mol. The number of thioether (sulfide) groups is 1. The number of aliphatic hydroxyl groups is 1. The Morgan fingerprint density at radius 2 is 1.73 bits per heavy atom. The zero-order valence-corrected chi connectivity index (χ0v) is 22.6. The third-order valence-electron chi connectivity index (χ3n) is 5.39. The highest BCUT2D eigenvalue weighted by Crippen LogP contribution is 2.40. The average Bonchev–Trinajstić information content (AvgIpc) is 3.19. The van der Waals surface area contributed by atoms with Crippen LogP contribution in [0.3, 0.4) is 0 Å². The van der Waals surface area contributed by atoms with Gasteiger partial charge in [0.05, 0.1) is 11.5 Å². The van der Waals surface area contributed by atoms with Crippen molar-refractivity contribution in [3.8, 4) is 5.75 Å². The number of aliphatic imine (C=N–C) groups is 1. The number of benzene rings is 3. The Bertz CT molecular complexity index is 1410. The van der Waals surface area contributed by atoms with Gasteiger partial charge >= 0.3 is 5.97 Å². The Kier molecular flexibility index (Phi) is 8.63. The van der Waals surface area contributed by atoms with Crippen LogP contribution in [0.25, 0.3) is 6.08 Å². The molecule has 0 aliphatic carbocycles. The number of aryl methyl sites for hydroxylation is 1. The lowest BCUT2D eigenvalue weighted by atomic mass is 10.1. The molecule has 1 heterocycles. The van der Waals surface area contributed by atoms with Crippen LogP contribution in [0.15, 0.2) is 98.5 Å². The Morgan fingerprint density at radius 3 is 2.43 bits per heavy atom. The van der Waals surface area contributed by atoms with E-state index >= 15 is 0 Å². The SMILES string of the molecule is CCOC(=O)C1=C(O)/C(=C/c2ccccc2OCc2ccc(Br)cc2)SC1=NC(=O)c1ccc(C)cc1. The van der Waals surface area contributed by atoms with Crippen LogP contribution < -0.4 is 4.74 Å². The van der Waals surface area contributed by atoms with Gasteiger partial charge in [-0.25, -0.2) is 9.79 Å². The molecule has 1 aliphatic rings. The maximum absolute atomic E-state index is 12.8. The van der Waals surface area contributed by atoms with E-state index in [4.69, 9.17) is 9.47 Å². The van der Waals surface area contributed by atoms with E-state index in [0.717, 1.165) is 27.4 Å². The average molecular weight is 578 g/mol. The van der Waals surface area contributed by atoms with Crippen molar-refractivity contribution in [3.63, 3.8) is 0 Å². The van der Waals surface area contributed by atoms with Gasteiger partial charge in [0.2, 0.25) is 0 Å². The first-order valence-electron chi connectivity index (χ1n) is 11.5. The molecule has 0 bridgehead atoms. The second-order valence-corrected chi connectivity index (χ2v) is 10.0. The number of nitrogens with zero attached hydrogens (tertiary/aromatic N) is 1. The number of hydrogen-bond acceptors (Lipinski definition) is 6. The Hall–Kier alpha value is -3.62. The van der Waals surface area contributed by atoms with Crippen LogP contribution in [-0.2, 0) is 16.1 Å². The van der Waals surface area contributed by atoms with E-state index in [-0.39, 0.29) is 23.0 Å². The molecule has 1 amide bonds. The predicted octanol–water partition coefficient (Wildman–Crippen LogP) is 7.04. The molecule has 1 N–H and O–H groups in total. The number of rotatable bonds is 7. The highest BCUT2D eigenvalue weighted by Gasteiger charge is 2.34. The maximum atomic E-state index is 12.8. The third-order valence-corrected chi connectivity index (χ3v) is 6.93. The van der Waals surface area contributed by atoms with Gasteiger partial charge in [-0.05, 0) is 55.8 Å². The molecule has 0 spiro atoms. The maximum Gasteiger partial charge on any atom is 0.344 e. The van der Waals surface area contributed by atoms with Crippen LogP contribution in [0.2, 0.25) is 0 Å². The van der Waals surface area contributed by atoms with Crippen molar-refractivity contribution < 1.29 is 24.2 Å². The predicted molar refractivity (Wildman–Crippen MR) is 150 cm³/mol. The first kappa shape index (κ1) is 26.4. The first-order chi connectivity index (χ1) is 17.9. The van der Waals surface area contributed by atoms with Crippen LogP contribution in [0, 0.1) is 6.92 Å². The van der Waals surface area contributed by atoms with Crippen molar-refractivity contribution in [1.82, 2.24) is 0 Å². The summed E-state index contributed by atoms with van der Waals surface area (Å²) < 4.78 is 12.2. The molecule has 0 radical (unpaired) electrons. The van der Waals surface area contributed by atoms with Crippen LogP contribution in [0.4, 0.5) is 0 Å². The minimum Gasteiger partial charge on any atom is -0.506 e. The number of para-hydroxylation sites is 1. The van der Waals surface area contributed by atoms with Crippen molar-refractivity contribution >= 4 is 50.7 Å². The normalized spacial score (nSPS) is 15.3. The van der Waals surface area contributed by atoms with E-state index in [1.807, 2.05) is 67.6 Å². The molecule has 37 heavy (non-hydrogen) atoms. The quantitative estimate of drug-likeness (QED) is 0.303. The second-order valence-electron chi connectivity index (χ2n) is 8.10. The molecule has 1 aliphatic heterocycles. The third kappa shape index (κ3) is 6.58. The summed E-state index contributed by atoms with van der Waals surface area (Å²) in [5, 5.41) is 11.1. The lowest BCUT2D eigenvalue weighted by Gasteiger charge is -2.10. The topological polar surface area (TPSA) is 85.2 Å². The minimum atomic E-state index is -0.744. The van der Waals surface area contributed by atoms with Gasteiger partial charge in [-0.15, -0.1) is 0 Å². The lowest BCUT2D eigenvalue weighted by molar-refractivity contribution is -0.138. The largest absolute Gasteiger partial charge is 0.506 e. The summed E-state index contributed by atoms with van der Waals surface area (Å²) in [5.41, 5.74) is 2.95. The van der Waals surface area contributed by atoms with Crippen molar-refractivity contribution in [2.75, 3.05) is 6.61 Å². The number of amides is 1. The van der Waals surface area contributed by atoms with Gasteiger partial charge in [0.1, 0.15) is 28.7 Å². The number of halogens is 1. The molecule has 8 heteroatoms. The summed E-state index contributed by atoms with van der Waals surface area (Å²) in [6, 6.07) is 22.2. The molecular formula is C29H24BrNO5S. The van der Waals surface area contributed by atoms with Gasteiger partial charge in [0, 0.05) is 15.6 Å². The summed E-state index contributed by atoms with van der Waals surface area (Å²) in [4.78, 5) is 30.0. The summed E-state index contributed by atoms with van der Waals surface area (Å²) in [6.45, 7) is 4.06. The van der Waals surface area contributed by atoms with Crippen LogP contribution in [-0.4, -0.2) is 28.6 Å². The fraction of sp³-hybridized carbons (Fsp3) is 0.138. The zero-order chi connectivity index (χ0) is 26.4. The Balaban J connectivity index is 1.65. The van der Waals surface area contributed by atoms with E-state index < -0.39 is 11.9 Å².